The van der Waals surface area contributed by atoms with Crippen molar-refractivity contribution < 1.29 is 9.90 Å². The van der Waals surface area contributed by atoms with E-state index in [4.69, 9.17) is 5.11 Å². The first-order valence-electron chi connectivity index (χ1n) is 6.72. The molecule has 1 aromatic rings. The van der Waals surface area contributed by atoms with Gasteiger partial charge in [-0.2, -0.15) is 0 Å². The molecule has 0 amide bonds. The SMILES string of the molecule is CCc1ccc(CN2CCCC(C(=O)O)C2)cc1. The molecular formula is C15H21NO2. The highest BCUT2D eigenvalue weighted by molar-refractivity contribution is 5.70. The zero-order chi connectivity index (χ0) is 13.0. The molecule has 1 heterocycles. The predicted molar refractivity (Wildman–Crippen MR) is 71.5 cm³/mol. The molecule has 1 aliphatic rings. The topological polar surface area (TPSA) is 40.5 Å². The second kappa shape index (κ2) is 6.01. The van der Waals surface area contributed by atoms with E-state index in [1.807, 2.05) is 0 Å². The van der Waals surface area contributed by atoms with Gasteiger partial charge in [-0.1, -0.05) is 31.2 Å². The highest BCUT2D eigenvalue weighted by Gasteiger charge is 2.25. The van der Waals surface area contributed by atoms with Gasteiger partial charge < -0.3 is 5.11 Å². The lowest BCUT2D eigenvalue weighted by atomic mass is 9.98. The predicted octanol–water partition coefficient (Wildman–Crippen LogP) is 2.55. The van der Waals surface area contributed by atoms with Crippen molar-refractivity contribution in [1.29, 1.82) is 0 Å². The molecule has 1 fully saturated rings. The number of carboxylic acid groups (broad SMARTS) is 1. The Morgan fingerprint density at radius 3 is 2.61 bits per heavy atom. The molecule has 0 spiro atoms. The van der Waals surface area contributed by atoms with Gasteiger partial charge in [0, 0.05) is 13.1 Å². The molecule has 3 heteroatoms. The van der Waals surface area contributed by atoms with Gasteiger partial charge in [0.05, 0.1) is 5.92 Å². The number of likely N-dealkylation sites (tertiary alicyclic amines) is 1. The van der Waals surface area contributed by atoms with Gasteiger partial charge in [0.15, 0.2) is 0 Å². The summed E-state index contributed by atoms with van der Waals surface area (Å²) in [7, 11) is 0. The minimum atomic E-state index is -0.652. The smallest absolute Gasteiger partial charge is 0.307 e. The molecule has 3 nitrogen and oxygen atoms in total. The molecule has 0 saturated carbocycles. The van der Waals surface area contributed by atoms with E-state index in [9.17, 15) is 4.79 Å². The highest BCUT2D eigenvalue weighted by Crippen LogP contribution is 2.19. The summed E-state index contributed by atoms with van der Waals surface area (Å²) in [6.07, 6.45) is 2.87. The number of aliphatic carboxylic acids is 1. The van der Waals surface area contributed by atoms with E-state index >= 15 is 0 Å². The van der Waals surface area contributed by atoms with Crippen LogP contribution in [0.25, 0.3) is 0 Å². The molecular weight excluding hydrogens is 226 g/mol. The average molecular weight is 247 g/mol. The van der Waals surface area contributed by atoms with E-state index in [0.717, 1.165) is 32.4 Å². The van der Waals surface area contributed by atoms with Gasteiger partial charge in [0.1, 0.15) is 0 Å². The monoisotopic (exact) mass is 247 g/mol. The zero-order valence-corrected chi connectivity index (χ0v) is 10.9. The number of nitrogens with zero attached hydrogens (tertiary/aromatic N) is 1. The molecule has 0 bridgehead atoms. The van der Waals surface area contributed by atoms with Crippen LogP contribution >= 0.6 is 0 Å². The molecule has 0 radical (unpaired) electrons. The summed E-state index contributed by atoms with van der Waals surface area (Å²) in [5.74, 6) is -0.838. The number of rotatable bonds is 4. The molecule has 1 unspecified atom stereocenters. The summed E-state index contributed by atoms with van der Waals surface area (Å²) in [4.78, 5) is 13.3. The van der Waals surface area contributed by atoms with Crippen LogP contribution in [0.2, 0.25) is 0 Å². The normalized spacial score (nSPS) is 20.8. The third-order valence-electron chi connectivity index (χ3n) is 3.69. The summed E-state index contributed by atoms with van der Waals surface area (Å²) in [5.41, 5.74) is 2.62. The van der Waals surface area contributed by atoms with Crippen LogP contribution < -0.4 is 0 Å². The lowest BCUT2D eigenvalue weighted by Gasteiger charge is -2.30. The maximum absolute atomic E-state index is 11.0. The summed E-state index contributed by atoms with van der Waals surface area (Å²) in [6.45, 7) is 4.72. The van der Waals surface area contributed by atoms with Crippen LogP contribution in [0.3, 0.4) is 0 Å². The van der Waals surface area contributed by atoms with E-state index in [2.05, 4.69) is 36.1 Å². The lowest BCUT2D eigenvalue weighted by molar-refractivity contribution is -0.143. The van der Waals surface area contributed by atoms with E-state index in [0.29, 0.717) is 6.54 Å². The zero-order valence-electron chi connectivity index (χ0n) is 10.9. The first kappa shape index (κ1) is 13.1. The van der Waals surface area contributed by atoms with Gasteiger partial charge in [-0.25, -0.2) is 0 Å². The Morgan fingerprint density at radius 1 is 1.33 bits per heavy atom. The molecule has 2 rings (SSSR count). The van der Waals surface area contributed by atoms with Crippen molar-refractivity contribution in [3.8, 4) is 0 Å². The number of carboxylic acids is 1. The Bertz CT molecular complexity index is 399. The van der Waals surface area contributed by atoms with Gasteiger partial charge in [0.2, 0.25) is 0 Å². The molecule has 1 atom stereocenters. The van der Waals surface area contributed by atoms with Crippen LogP contribution in [-0.4, -0.2) is 29.1 Å². The fourth-order valence-electron chi connectivity index (χ4n) is 2.54. The van der Waals surface area contributed by atoms with Crippen LogP contribution in [0.5, 0.6) is 0 Å². The van der Waals surface area contributed by atoms with Crippen LogP contribution in [0, 0.1) is 5.92 Å². The number of carbonyl (C=O) groups is 1. The maximum Gasteiger partial charge on any atom is 0.307 e. The lowest BCUT2D eigenvalue weighted by Crippen LogP contribution is -2.38. The molecule has 18 heavy (non-hydrogen) atoms. The minimum absolute atomic E-state index is 0.186. The minimum Gasteiger partial charge on any atom is -0.481 e. The summed E-state index contributed by atoms with van der Waals surface area (Å²) >= 11 is 0. The van der Waals surface area contributed by atoms with E-state index < -0.39 is 5.97 Å². The van der Waals surface area contributed by atoms with Gasteiger partial charge in [-0.05, 0) is 36.9 Å². The fraction of sp³-hybridized carbons (Fsp3) is 0.533. The number of hydrogen-bond acceptors (Lipinski definition) is 2. The number of benzene rings is 1. The second-order valence-electron chi connectivity index (χ2n) is 5.08. The maximum atomic E-state index is 11.0. The first-order valence-corrected chi connectivity index (χ1v) is 6.72. The summed E-state index contributed by atoms with van der Waals surface area (Å²) in [6, 6.07) is 8.63. The van der Waals surface area contributed by atoms with E-state index in [1.165, 1.54) is 11.1 Å². The number of hydrogen-bond donors (Lipinski definition) is 1. The van der Waals surface area contributed by atoms with Crippen molar-refractivity contribution in [2.45, 2.75) is 32.7 Å². The molecule has 1 aromatic carbocycles. The van der Waals surface area contributed by atoms with Gasteiger partial charge in [-0.15, -0.1) is 0 Å². The third-order valence-corrected chi connectivity index (χ3v) is 3.69. The Hall–Kier alpha value is -1.35. The number of aryl methyl sites for hydroxylation is 1. The summed E-state index contributed by atoms with van der Waals surface area (Å²) < 4.78 is 0. The van der Waals surface area contributed by atoms with Crippen LogP contribution in [0.4, 0.5) is 0 Å². The Kier molecular flexibility index (Phi) is 4.37. The Labute approximate surface area is 108 Å². The Balaban J connectivity index is 1.93. The van der Waals surface area contributed by atoms with E-state index in [-0.39, 0.29) is 5.92 Å². The van der Waals surface area contributed by atoms with E-state index in [1.54, 1.807) is 0 Å². The molecule has 0 aliphatic carbocycles. The van der Waals surface area contributed by atoms with Crippen LogP contribution in [-0.2, 0) is 17.8 Å². The molecule has 98 valence electrons. The second-order valence-corrected chi connectivity index (χ2v) is 5.08. The first-order chi connectivity index (χ1) is 8.69. The van der Waals surface area contributed by atoms with Crippen LogP contribution in [0.1, 0.15) is 30.9 Å². The molecule has 1 N–H and O–H groups in total. The largest absolute Gasteiger partial charge is 0.481 e. The molecule has 0 aromatic heterocycles. The van der Waals surface area contributed by atoms with Crippen molar-refractivity contribution in [1.82, 2.24) is 4.90 Å². The van der Waals surface area contributed by atoms with Crippen molar-refractivity contribution in [2.24, 2.45) is 5.92 Å². The quantitative estimate of drug-likeness (QED) is 0.889. The van der Waals surface area contributed by atoms with Crippen LogP contribution in [0.15, 0.2) is 24.3 Å². The number of piperidine rings is 1. The van der Waals surface area contributed by atoms with Crippen molar-refractivity contribution in [2.75, 3.05) is 13.1 Å². The fourth-order valence-corrected chi connectivity index (χ4v) is 2.54. The summed E-state index contributed by atoms with van der Waals surface area (Å²) in [5, 5.41) is 9.06. The van der Waals surface area contributed by atoms with Gasteiger partial charge >= 0.3 is 5.97 Å². The van der Waals surface area contributed by atoms with Gasteiger partial charge in [-0.3, -0.25) is 9.69 Å². The van der Waals surface area contributed by atoms with Crippen molar-refractivity contribution in [3.63, 3.8) is 0 Å². The Morgan fingerprint density at radius 2 is 2.00 bits per heavy atom. The van der Waals surface area contributed by atoms with Crippen molar-refractivity contribution >= 4 is 5.97 Å². The average Bonchev–Trinajstić information content (AvgIpc) is 2.40. The molecule has 1 aliphatic heterocycles. The van der Waals surface area contributed by atoms with Crippen molar-refractivity contribution in [3.05, 3.63) is 35.4 Å². The highest BCUT2D eigenvalue weighted by atomic mass is 16.4. The third kappa shape index (κ3) is 3.33. The molecule has 1 saturated heterocycles. The standard InChI is InChI=1S/C15H21NO2/c1-2-12-5-7-13(8-6-12)10-16-9-3-4-14(11-16)15(17)18/h5-8,14H,2-4,9-11H2,1H3,(H,17,18). The van der Waals surface area contributed by atoms with Gasteiger partial charge in [0.25, 0.3) is 0 Å².